The number of benzene rings is 1. The van der Waals surface area contributed by atoms with Crippen LogP contribution < -0.4 is 14.8 Å². The van der Waals surface area contributed by atoms with Gasteiger partial charge in [-0.1, -0.05) is 6.07 Å². The van der Waals surface area contributed by atoms with Gasteiger partial charge in [-0.3, -0.25) is 0 Å². The van der Waals surface area contributed by atoms with E-state index in [9.17, 15) is 13.6 Å². The maximum absolute atomic E-state index is 12.8. The van der Waals surface area contributed by atoms with Crippen LogP contribution in [0.25, 0.3) is 0 Å². The van der Waals surface area contributed by atoms with E-state index in [1.807, 2.05) is 0 Å². The molecule has 96 valence electrons. The molecule has 1 aromatic carbocycles. The molecule has 2 heterocycles. The minimum absolute atomic E-state index is 0.0119. The lowest BCUT2D eigenvalue weighted by molar-refractivity contribution is -0.286. The van der Waals surface area contributed by atoms with E-state index in [0.29, 0.717) is 18.6 Å². The van der Waals surface area contributed by atoms with Gasteiger partial charge in [0, 0.05) is 6.42 Å². The number of amides is 1. The van der Waals surface area contributed by atoms with E-state index in [1.54, 1.807) is 6.07 Å². The number of rotatable bonds is 1. The van der Waals surface area contributed by atoms with Crippen LogP contribution in [0.15, 0.2) is 18.2 Å². The number of alkyl carbamates (subject to hydrolysis) is 1. The number of halogens is 2. The number of fused-ring (bicyclic) bond motifs is 1. The maximum Gasteiger partial charge on any atom is 0.586 e. The number of ether oxygens (including phenoxy) is 3. The van der Waals surface area contributed by atoms with E-state index in [1.165, 1.54) is 12.1 Å². The van der Waals surface area contributed by atoms with Gasteiger partial charge in [0.1, 0.15) is 0 Å². The molecule has 3 rings (SSSR count). The van der Waals surface area contributed by atoms with Crippen molar-refractivity contribution in [1.29, 1.82) is 0 Å². The van der Waals surface area contributed by atoms with Crippen LogP contribution >= 0.6 is 0 Å². The van der Waals surface area contributed by atoms with Crippen molar-refractivity contribution in [3.05, 3.63) is 23.8 Å². The second-order valence-electron chi connectivity index (χ2n) is 4.00. The molecule has 1 aromatic rings. The normalized spacial score (nSPS) is 24.3. The van der Waals surface area contributed by atoms with Crippen LogP contribution in [0.3, 0.4) is 0 Å². The zero-order valence-corrected chi connectivity index (χ0v) is 9.11. The van der Waals surface area contributed by atoms with Gasteiger partial charge in [0.05, 0.1) is 12.6 Å². The number of alkyl halides is 2. The average Bonchev–Trinajstić information content (AvgIpc) is 2.61. The monoisotopic (exact) mass is 257 g/mol. The van der Waals surface area contributed by atoms with Crippen LogP contribution in [0.2, 0.25) is 0 Å². The van der Waals surface area contributed by atoms with Gasteiger partial charge in [0.25, 0.3) is 0 Å². The van der Waals surface area contributed by atoms with Crippen molar-refractivity contribution in [3.63, 3.8) is 0 Å². The van der Waals surface area contributed by atoms with Gasteiger partial charge in [0.15, 0.2) is 11.5 Å². The zero-order valence-electron chi connectivity index (χ0n) is 9.11. The molecule has 0 spiro atoms. The Bertz CT molecular complexity index is 506. The Morgan fingerprint density at radius 3 is 2.83 bits per heavy atom. The Morgan fingerprint density at radius 2 is 2.06 bits per heavy atom. The first-order valence-corrected chi connectivity index (χ1v) is 5.37. The lowest BCUT2D eigenvalue weighted by Crippen LogP contribution is -2.35. The quantitative estimate of drug-likeness (QED) is 0.837. The standard InChI is InChI=1S/C11H9F2NO4/c12-11(13)17-8-2-1-6(5-9(8)18-11)7-3-4-16-10(15)14-7/h1-2,5,7H,3-4H2,(H,14,15)/t7-/m1/s1. The van der Waals surface area contributed by atoms with E-state index < -0.39 is 12.4 Å². The lowest BCUT2D eigenvalue weighted by atomic mass is 10.0. The van der Waals surface area contributed by atoms with Crippen molar-refractivity contribution in [2.24, 2.45) is 0 Å². The Hall–Kier alpha value is -2.05. The lowest BCUT2D eigenvalue weighted by Gasteiger charge is -2.23. The summed E-state index contributed by atoms with van der Waals surface area (Å²) in [5.74, 6) is -0.0413. The van der Waals surface area contributed by atoms with Gasteiger partial charge in [-0.15, -0.1) is 8.78 Å². The molecule has 1 amide bonds. The number of hydrogen-bond donors (Lipinski definition) is 1. The minimum atomic E-state index is -3.63. The highest BCUT2D eigenvalue weighted by Gasteiger charge is 2.43. The van der Waals surface area contributed by atoms with Crippen molar-refractivity contribution in [1.82, 2.24) is 5.32 Å². The molecular formula is C11H9F2NO4. The smallest absolute Gasteiger partial charge is 0.449 e. The number of carbonyl (C=O) groups is 1. The van der Waals surface area contributed by atoms with E-state index >= 15 is 0 Å². The summed E-state index contributed by atoms with van der Waals surface area (Å²) in [5.41, 5.74) is 0.673. The summed E-state index contributed by atoms with van der Waals surface area (Å²) >= 11 is 0. The summed E-state index contributed by atoms with van der Waals surface area (Å²) in [6.45, 7) is 0.293. The third-order valence-corrected chi connectivity index (χ3v) is 2.76. The molecule has 0 aromatic heterocycles. The summed E-state index contributed by atoms with van der Waals surface area (Å²) in [6.07, 6.45) is -3.57. The van der Waals surface area contributed by atoms with Gasteiger partial charge in [-0.25, -0.2) is 4.79 Å². The predicted octanol–water partition coefficient (Wildman–Crippen LogP) is 2.18. The van der Waals surface area contributed by atoms with Crippen LogP contribution in [0.4, 0.5) is 13.6 Å². The third kappa shape index (κ3) is 1.92. The molecule has 0 aliphatic carbocycles. The van der Waals surface area contributed by atoms with Gasteiger partial charge >= 0.3 is 12.4 Å². The van der Waals surface area contributed by atoms with Crippen LogP contribution in [0, 0.1) is 0 Å². The average molecular weight is 257 g/mol. The minimum Gasteiger partial charge on any atom is -0.449 e. The Labute approximate surface area is 101 Å². The van der Waals surface area contributed by atoms with Crippen molar-refractivity contribution < 1.29 is 27.8 Å². The molecule has 1 saturated heterocycles. The maximum atomic E-state index is 12.8. The Morgan fingerprint density at radius 1 is 1.28 bits per heavy atom. The SMILES string of the molecule is O=C1N[C@@H](c2ccc3c(c2)OC(F)(F)O3)CCO1. The summed E-state index contributed by atoms with van der Waals surface area (Å²) in [6, 6.07) is 4.17. The number of hydrogen-bond acceptors (Lipinski definition) is 4. The summed E-state index contributed by atoms with van der Waals surface area (Å²) < 4.78 is 39.1. The Balaban J connectivity index is 1.85. The highest BCUT2D eigenvalue weighted by Crippen LogP contribution is 2.42. The first-order valence-electron chi connectivity index (χ1n) is 5.37. The first kappa shape index (κ1) is 11.1. The number of cyclic esters (lactones) is 1. The van der Waals surface area contributed by atoms with Crippen LogP contribution in [-0.4, -0.2) is 19.0 Å². The van der Waals surface area contributed by atoms with Crippen LogP contribution in [-0.2, 0) is 4.74 Å². The highest BCUT2D eigenvalue weighted by molar-refractivity contribution is 5.68. The topological polar surface area (TPSA) is 56.8 Å². The highest BCUT2D eigenvalue weighted by atomic mass is 19.3. The second kappa shape index (κ2) is 3.72. The summed E-state index contributed by atoms with van der Waals surface area (Å²) in [5, 5.41) is 2.60. The molecule has 1 N–H and O–H groups in total. The summed E-state index contributed by atoms with van der Waals surface area (Å²) in [7, 11) is 0. The van der Waals surface area contributed by atoms with Crippen molar-refractivity contribution in [3.8, 4) is 11.5 Å². The van der Waals surface area contributed by atoms with Crippen molar-refractivity contribution in [2.45, 2.75) is 18.8 Å². The molecule has 2 aliphatic heterocycles. The molecule has 0 radical (unpaired) electrons. The molecule has 0 saturated carbocycles. The molecule has 18 heavy (non-hydrogen) atoms. The molecule has 0 unspecified atom stereocenters. The largest absolute Gasteiger partial charge is 0.586 e. The van der Waals surface area contributed by atoms with Crippen LogP contribution in [0.1, 0.15) is 18.0 Å². The van der Waals surface area contributed by atoms with E-state index in [0.717, 1.165) is 0 Å². The molecule has 2 aliphatic rings. The summed E-state index contributed by atoms with van der Waals surface area (Å²) in [4.78, 5) is 11.1. The fourth-order valence-electron chi connectivity index (χ4n) is 1.96. The van der Waals surface area contributed by atoms with Crippen molar-refractivity contribution >= 4 is 6.09 Å². The van der Waals surface area contributed by atoms with Gasteiger partial charge < -0.3 is 19.5 Å². The van der Waals surface area contributed by atoms with E-state index in [4.69, 9.17) is 4.74 Å². The molecular weight excluding hydrogens is 248 g/mol. The molecule has 1 fully saturated rings. The molecule has 0 bridgehead atoms. The fraction of sp³-hybridized carbons (Fsp3) is 0.364. The molecule has 1 atom stereocenters. The van der Waals surface area contributed by atoms with Gasteiger partial charge in [0.2, 0.25) is 0 Å². The van der Waals surface area contributed by atoms with Crippen molar-refractivity contribution in [2.75, 3.05) is 6.61 Å². The van der Waals surface area contributed by atoms with Gasteiger partial charge in [-0.2, -0.15) is 0 Å². The van der Waals surface area contributed by atoms with Gasteiger partial charge in [-0.05, 0) is 17.7 Å². The van der Waals surface area contributed by atoms with E-state index in [2.05, 4.69) is 14.8 Å². The van der Waals surface area contributed by atoms with Crippen LogP contribution in [0.5, 0.6) is 11.5 Å². The fourth-order valence-corrected chi connectivity index (χ4v) is 1.96. The molecule has 5 nitrogen and oxygen atoms in total. The third-order valence-electron chi connectivity index (χ3n) is 2.76. The number of carbonyl (C=O) groups excluding carboxylic acids is 1. The first-order chi connectivity index (χ1) is 8.53. The number of nitrogens with one attached hydrogen (secondary N) is 1. The second-order valence-corrected chi connectivity index (χ2v) is 4.00. The molecule has 7 heteroatoms. The van der Waals surface area contributed by atoms with E-state index in [-0.39, 0.29) is 17.5 Å². The Kier molecular flexibility index (Phi) is 2.29. The zero-order chi connectivity index (χ0) is 12.8. The predicted molar refractivity (Wildman–Crippen MR) is 54.5 cm³/mol.